The second-order valence-corrected chi connectivity index (χ2v) is 11.0. The lowest BCUT2D eigenvalue weighted by atomic mass is 9.98. The molecule has 0 atom stereocenters. The third-order valence-corrected chi connectivity index (χ3v) is 8.75. The Hall–Kier alpha value is -2.00. The Morgan fingerprint density at radius 3 is 2.34 bits per heavy atom. The van der Waals surface area contributed by atoms with Crippen molar-refractivity contribution in [1.29, 1.82) is 0 Å². The molecule has 1 N–H and O–H groups in total. The van der Waals surface area contributed by atoms with Gasteiger partial charge in [-0.2, -0.15) is 4.31 Å². The van der Waals surface area contributed by atoms with Gasteiger partial charge in [0.2, 0.25) is 10.0 Å². The maximum Gasteiger partial charge on any atom is 0.243 e. The molecule has 0 bridgehead atoms. The van der Waals surface area contributed by atoms with Gasteiger partial charge in [-0.1, -0.05) is 18.2 Å². The highest BCUT2D eigenvalue weighted by molar-refractivity contribution is 7.89. The Labute approximate surface area is 191 Å². The van der Waals surface area contributed by atoms with Gasteiger partial charge in [-0.05, 0) is 74.5 Å². The van der Waals surface area contributed by atoms with Crippen LogP contribution < -0.4 is 4.90 Å². The molecule has 3 heterocycles. The third kappa shape index (κ3) is 5.14. The number of aromatic nitrogens is 1. The van der Waals surface area contributed by atoms with E-state index in [-0.39, 0.29) is 0 Å². The van der Waals surface area contributed by atoms with E-state index in [9.17, 15) is 13.5 Å². The lowest BCUT2D eigenvalue weighted by Crippen LogP contribution is -2.49. The van der Waals surface area contributed by atoms with Crippen molar-refractivity contribution in [2.45, 2.75) is 38.1 Å². The molecule has 2 saturated heterocycles. The van der Waals surface area contributed by atoms with Crippen molar-refractivity contribution >= 4 is 15.8 Å². The van der Waals surface area contributed by atoms with Gasteiger partial charge in [-0.3, -0.25) is 4.90 Å². The summed E-state index contributed by atoms with van der Waals surface area (Å²) in [4.78, 5) is 9.65. The zero-order valence-electron chi connectivity index (χ0n) is 19.1. The van der Waals surface area contributed by atoms with Crippen LogP contribution in [-0.2, 0) is 16.6 Å². The first-order valence-electron chi connectivity index (χ1n) is 11.5. The number of likely N-dealkylation sites (tertiary alicyclic amines) is 1. The first-order valence-corrected chi connectivity index (χ1v) is 12.9. The zero-order valence-corrected chi connectivity index (χ0v) is 19.9. The highest BCUT2D eigenvalue weighted by Gasteiger charge is 2.30. The lowest BCUT2D eigenvalue weighted by Gasteiger charge is -2.35. The number of piperidine rings is 1. The first-order chi connectivity index (χ1) is 15.4. The Balaban J connectivity index is 1.34. The number of piperazine rings is 1. The van der Waals surface area contributed by atoms with E-state index in [1.165, 1.54) is 5.56 Å². The van der Waals surface area contributed by atoms with Crippen molar-refractivity contribution in [1.82, 2.24) is 14.2 Å². The summed E-state index contributed by atoms with van der Waals surface area (Å²) in [5.41, 5.74) is 2.93. The van der Waals surface area contributed by atoms with Gasteiger partial charge in [0, 0.05) is 45.5 Å². The summed E-state index contributed by atoms with van der Waals surface area (Å²) in [5.74, 6) is 1.35. The molecular formula is C24H34N4O3S. The summed E-state index contributed by atoms with van der Waals surface area (Å²) < 4.78 is 27.9. The van der Waals surface area contributed by atoms with Gasteiger partial charge in [0.15, 0.2) is 0 Å². The van der Waals surface area contributed by atoms with Crippen LogP contribution in [-0.4, -0.2) is 73.6 Å². The minimum atomic E-state index is -3.48. The molecule has 8 heteroatoms. The first kappa shape index (κ1) is 23.2. The van der Waals surface area contributed by atoms with Crippen molar-refractivity contribution in [3.05, 3.63) is 53.2 Å². The van der Waals surface area contributed by atoms with Gasteiger partial charge in [0.05, 0.1) is 4.90 Å². The number of hydrogen-bond donors (Lipinski definition) is 1. The summed E-state index contributed by atoms with van der Waals surface area (Å²) in [7, 11) is -3.48. The quantitative estimate of drug-likeness (QED) is 0.716. The molecule has 4 rings (SSSR count). The van der Waals surface area contributed by atoms with Crippen LogP contribution in [0.5, 0.6) is 0 Å². The average Bonchev–Trinajstić information content (AvgIpc) is 2.81. The van der Waals surface area contributed by atoms with Crippen molar-refractivity contribution < 1.29 is 13.5 Å². The predicted molar refractivity (Wildman–Crippen MR) is 126 cm³/mol. The Morgan fingerprint density at radius 2 is 1.72 bits per heavy atom. The molecule has 2 aliphatic heterocycles. The van der Waals surface area contributed by atoms with E-state index in [2.05, 4.69) is 20.9 Å². The van der Waals surface area contributed by atoms with Crippen LogP contribution in [0.3, 0.4) is 0 Å². The summed E-state index contributed by atoms with van der Waals surface area (Å²) in [5, 5.41) is 9.29. The van der Waals surface area contributed by atoms with Crippen LogP contribution in [0.25, 0.3) is 0 Å². The molecule has 0 amide bonds. The number of hydrogen-bond acceptors (Lipinski definition) is 6. The van der Waals surface area contributed by atoms with E-state index in [0.717, 1.165) is 49.4 Å². The maximum absolute atomic E-state index is 13.2. The van der Waals surface area contributed by atoms with Crippen LogP contribution in [0.2, 0.25) is 0 Å². The predicted octanol–water partition coefficient (Wildman–Crippen LogP) is 2.41. The number of anilines is 1. The van der Waals surface area contributed by atoms with Crippen LogP contribution in [0.1, 0.15) is 29.5 Å². The van der Waals surface area contributed by atoms with E-state index in [4.69, 9.17) is 0 Å². The highest BCUT2D eigenvalue weighted by atomic mass is 32.2. The van der Waals surface area contributed by atoms with Crippen LogP contribution >= 0.6 is 0 Å². The number of benzene rings is 1. The monoisotopic (exact) mass is 458 g/mol. The standard InChI is InChI=1S/C24H34N4O3S/c1-19-3-4-20(2)23(15-19)32(30,31)28-13-11-27(12-14-28)24-6-5-22(16-25-24)17-26-9-7-21(18-29)8-10-26/h3-6,15-16,21,29H,7-14,17-18H2,1-2H3. The summed E-state index contributed by atoms with van der Waals surface area (Å²) >= 11 is 0. The number of rotatable bonds is 6. The molecule has 1 aromatic carbocycles. The molecule has 0 saturated carbocycles. The molecule has 0 unspecified atom stereocenters. The van der Waals surface area contributed by atoms with Crippen LogP contribution in [0.4, 0.5) is 5.82 Å². The van der Waals surface area contributed by atoms with Gasteiger partial charge in [0.25, 0.3) is 0 Å². The van der Waals surface area contributed by atoms with Crippen molar-refractivity contribution in [2.24, 2.45) is 5.92 Å². The molecule has 32 heavy (non-hydrogen) atoms. The smallest absolute Gasteiger partial charge is 0.243 e. The van der Waals surface area contributed by atoms with E-state index < -0.39 is 10.0 Å². The molecule has 0 aliphatic carbocycles. The normalized spacial score (nSPS) is 19.4. The minimum absolute atomic E-state index is 0.295. The van der Waals surface area contributed by atoms with Gasteiger partial charge >= 0.3 is 0 Å². The Morgan fingerprint density at radius 1 is 1.00 bits per heavy atom. The number of aliphatic hydroxyl groups excluding tert-OH is 1. The second-order valence-electron chi connectivity index (χ2n) is 9.09. The number of aryl methyl sites for hydroxylation is 2. The molecule has 0 radical (unpaired) electrons. The molecule has 2 aromatic rings. The fourth-order valence-electron chi connectivity index (χ4n) is 4.56. The second kappa shape index (κ2) is 9.87. The molecule has 2 fully saturated rings. The third-order valence-electron chi connectivity index (χ3n) is 6.70. The average molecular weight is 459 g/mol. The van der Waals surface area contributed by atoms with Crippen molar-refractivity contribution in [3.63, 3.8) is 0 Å². The zero-order chi connectivity index (χ0) is 22.7. The van der Waals surface area contributed by atoms with Gasteiger partial charge in [-0.25, -0.2) is 13.4 Å². The number of sulfonamides is 1. The SMILES string of the molecule is Cc1ccc(C)c(S(=O)(=O)N2CCN(c3ccc(CN4CCC(CO)CC4)cn3)CC2)c1. The minimum Gasteiger partial charge on any atom is -0.396 e. The molecule has 2 aliphatic rings. The van der Waals surface area contributed by atoms with Crippen molar-refractivity contribution in [3.8, 4) is 0 Å². The van der Waals surface area contributed by atoms with E-state index in [1.807, 2.05) is 38.2 Å². The molecule has 174 valence electrons. The molecular weight excluding hydrogens is 424 g/mol. The van der Waals surface area contributed by atoms with E-state index in [0.29, 0.717) is 43.6 Å². The number of pyridine rings is 1. The summed E-state index contributed by atoms with van der Waals surface area (Å²) in [6.07, 6.45) is 4.04. The lowest BCUT2D eigenvalue weighted by molar-refractivity contribution is 0.127. The number of nitrogens with zero attached hydrogens (tertiary/aromatic N) is 4. The van der Waals surface area contributed by atoms with E-state index >= 15 is 0 Å². The Bertz CT molecular complexity index is 1010. The largest absolute Gasteiger partial charge is 0.396 e. The summed E-state index contributed by atoms with van der Waals surface area (Å²) in [6, 6.07) is 9.76. The molecule has 0 spiro atoms. The fraction of sp³-hybridized carbons (Fsp3) is 0.542. The van der Waals surface area contributed by atoms with Gasteiger partial charge < -0.3 is 10.0 Å². The molecule has 1 aromatic heterocycles. The van der Waals surface area contributed by atoms with Gasteiger partial charge in [0.1, 0.15) is 5.82 Å². The maximum atomic E-state index is 13.2. The summed E-state index contributed by atoms with van der Waals surface area (Å²) in [6.45, 7) is 9.16. The fourth-order valence-corrected chi connectivity index (χ4v) is 6.30. The number of aliphatic hydroxyl groups is 1. The Kier molecular flexibility index (Phi) is 7.14. The van der Waals surface area contributed by atoms with Crippen LogP contribution in [0, 0.1) is 19.8 Å². The van der Waals surface area contributed by atoms with E-state index in [1.54, 1.807) is 10.4 Å². The van der Waals surface area contributed by atoms with Crippen LogP contribution in [0.15, 0.2) is 41.4 Å². The van der Waals surface area contributed by atoms with Gasteiger partial charge in [-0.15, -0.1) is 0 Å². The highest BCUT2D eigenvalue weighted by Crippen LogP contribution is 2.24. The topological polar surface area (TPSA) is 77.0 Å². The molecule has 7 nitrogen and oxygen atoms in total. The van der Waals surface area contributed by atoms with Crippen molar-refractivity contribution in [2.75, 3.05) is 50.8 Å².